The van der Waals surface area contributed by atoms with Crippen LogP contribution >= 0.6 is 0 Å². The number of imidazole rings is 2. The predicted molar refractivity (Wildman–Crippen MR) is 63.9 cm³/mol. The van der Waals surface area contributed by atoms with Crippen molar-refractivity contribution in [3.8, 4) is 11.4 Å². The summed E-state index contributed by atoms with van der Waals surface area (Å²) in [5.41, 5.74) is 7.89. The molecule has 0 fully saturated rings. The SMILES string of the molecule is CCCn1c(C)nc(-c2cncn2C)c1N. The lowest BCUT2D eigenvalue weighted by Gasteiger charge is -2.05. The van der Waals surface area contributed by atoms with Gasteiger partial charge in [0.15, 0.2) is 0 Å². The van der Waals surface area contributed by atoms with Crippen LogP contribution in [0.2, 0.25) is 0 Å². The average molecular weight is 219 g/mol. The molecule has 0 atom stereocenters. The number of aromatic nitrogens is 4. The van der Waals surface area contributed by atoms with Gasteiger partial charge in [0.2, 0.25) is 0 Å². The molecule has 86 valence electrons. The van der Waals surface area contributed by atoms with Crippen LogP contribution in [0.25, 0.3) is 11.4 Å². The van der Waals surface area contributed by atoms with E-state index in [1.165, 1.54) is 0 Å². The molecule has 0 saturated heterocycles. The molecule has 2 rings (SSSR count). The van der Waals surface area contributed by atoms with Crippen LogP contribution in [0.15, 0.2) is 12.5 Å². The van der Waals surface area contributed by atoms with Crippen LogP contribution in [0.1, 0.15) is 19.2 Å². The van der Waals surface area contributed by atoms with E-state index >= 15 is 0 Å². The second kappa shape index (κ2) is 4.00. The maximum Gasteiger partial charge on any atom is 0.133 e. The normalized spacial score (nSPS) is 10.9. The highest BCUT2D eigenvalue weighted by atomic mass is 15.2. The molecule has 0 bridgehead atoms. The second-order valence-electron chi connectivity index (χ2n) is 3.93. The molecule has 2 aromatic rings. The standard InChI is InChI=1S/C11H17N5/c1-4-5-16-8(2)14-10(11(16)12)9-6-13-7-15(9)3/h6-7H,4-5,12H2,1-3H3. The van der Waals surface area contributed by atoms with Crippen LogP contribution in [0, 0.1) is 6.92 Å². The van der Waals surface area contributed by atoms with E-state index in [-0.39, 0.29) is 0 Å². The third kappa shape index (κ3) is 1.58. The Bertz CT molecular complexity index is 494. The van der Waals surface area contributed by atoms with Crippen LogP contribution < -0.4 is 5.73 Å². The number of nitrogen functional groups attached to an aromatic ring is 1. The van der Waals surface area contributed by atoms with Crippen molar-refractivity contribution in [3.63, 3.8) is 0 Å². The molecular formula is C11H17N5. The van der Waals surface area contributed by atoms with Crippen molar-refractivity contribution in [2.75, 3.05) is 5.73 Å². The van der Waals surface area contributed by atoms with Gasteiger partial charge in [0.25, 0.3) is 0 Å². The third-order valence-electron chi connectivity index (χ3n) is 2.70. The van der Waals surface area contributed by atoms with Crippen molar-refractivity contribution in [1.82, 2.24) is 19.1 Å². The summed E-state index contributed by atoms with van der Waals surface area (Å²) in [4.78, 5) is 8.59. The second-order valence-corrected chi connectivity index (χ2v) is 3.93. The zero-order valence-corrected chi connectivity index (χ0v) is 9.94. The molecule has 0 aliphatic rings. The number of anilines is 1. The van der Waals surface area contributed by atoms with Gasteiger partial charge in [-0.3, -0.25) is 0 Å². The highest BCUT2D eigenvalue weighted by Crippen LogP contribution is 2.25. The lowest BCUT2D eigenvalue weighted by atomic mass is 10.3. The highest BCUT2D eigenvalue weighted by molar-refractivity contribution is 5.67. The average Bonchev–Trinajstić information content (AvgIpc) is 2.77. The Hall–Kier alpha value is -1.78. The molecule has 0 spiro atoms. The number of nitrogens with zero attached hydrogens (tertiary/aromatic N) is 4. The molecule has 5 nitrogen and oxygen atoms in total. The van der Waals surface area contributed by atoms with E-state index in [4.69, 9.17) is 5.73 Å². The summed E-state index contributed by atoms with van der Waals surface area (Å²) in [6.07, 6.45) is 4.59. The summed E-state index contributed by atoms with van der Waals surface area (Å²) < 4.78 is 3.97. The molecule has 2 N–H and O–H groups in total. The molecule has 0 radical (unpaired) electrons. The van der Waals surface area contributed by atoms with Gasteiger partial charge < -0.3 is 14.9 Å². The zero-order chi connectivity index (χ0) is 11.7. The van der Waals surface area contributed by atoms with Gasteiger partial charge in [0.05, 0.1) is 18.2 Å². The first-order chi connectivity index (χ1) is 7.65. The summed E-state index contributed by atoms with van der Waals surface area (Å²) in [5.74, 6) is 1.68. The van der Waals surface area contributed by atoms with Crippen LogP contribution in [-0.2, 0) is 13.6 Å². The van der Waals surface area contributed by atoms with E-state index in [1.54, 1.807) is 12.5 Å². The molecule has 0 aliphatic heterocycles. The van der Waals surface area contributed by atoms with Crippen LogP contribution in [0.3, 0.4) is 0 Å². The van der Waals surface area contributed by atoms with Crippen molar-refractivity contribution in [2.24, 2.45) is 7.05 Å². The van der Waals surface area contributed by atoms with Crippen molar-refractivity contribution in [2.45, 2.75) is 26.8 Å². The minimum Gasteiger partial charge on any atom is -0.383 e. The number of hydrogen-bond donors (Lipinski definition) is 1. The lowest BCUT2D eigenvalue weighted by Crippen LogP contribution is -2.04. The fourth-order valence-electron chi connectivity index (χ4n) is 1.86. The number of aryl methyl sites for hydroxylation is 2. The van der Waals surface area contributed by atoms with Gasteiger partial charge in [0.1, 0.15) is 17.3 Å². The first kappa shape index (κ1) is 10.7. The van der Waals surface area contributed by atoms with Gasteiger partial charge in [-0.25, -0.2) is 9.97 Å². The van der Waals surface area contributed by atoms with Crippen molar-refractivity contribution >= 4 is 5.82 Å². The fraction of sp³-hybridized carbons (Fsp3) is 0.455. The quantitative estimate of drug-likeness (QED) is 0.852. The van der Waals surface area contributed by atoms with E-state index in [0.29, 0.717) is 0 Å². The third-order valence-corrected chi connectivity index (χ3v) is 2.70. The van der Waals surface area contributed by atoms with Gasteiger partial charge in [-0.15, -0.1) is 0 Å². The summed E-state index contributed by atoms with van der Waals surface area (Å²) in [7, 11) is 1.94. The molecule has 2 aromatic heterocycles. The maximum absolute atomic E-state index is 6.11. The van der Waals surface area contributed by atoms with E-state index in [0.717, 1.165) is 36.0 Å². The Balaban J connectivity index is 2.51. The van der Waals surface area contributed by atoms with Gasteiger partial charge in [-0.2, -0.15) is 0 Å². The monoisotopic (exact) mass is 219 g/mol. The first-order valence-corrected chi connectivity index (χ1v) is 5.44. The maximum atomic E-state index is 6.11. The van der Waals surface area contributed by atoms with Crippen LogP contribution in [0.5, 0.6) is 0 Å². The Kier molecular flexibility index (Phi) is 2.68. The van der Waals surface area contributed by atoms with Crippen LogP contribution in [0.4, 0.5) is 5.82 Å². The van der Waals surface area contributed by atoms with Gasteiger partial charge in [-0.05, 0) is 13.3 Å². The highest BCUT2D eigenvalue weighted by Gasteiger charge is 2.15. The van der Waals surface area contributed by atoms with E-state index in [2.05, 4.69) is 16.9 Å². The molecule has 16 heavy (non-hydrogen) atoms. The van der Waals surface area contributed by atoms with Crippen LogP contribution in [-0.4, -0.2) is 19.1 Å². The molecule has 0 unspecified atom stereocenters. The largest absolute Gasteiger partial charge is 0.383 e. The summed E-state index contributed by atoms with van der Waals surface area (Å²) in [6, 6.07) is 0. The van der Waals surface area contributed by atoms with Crippen molar-refractivity contribution in [1.29, 1.82) is 0 Å². The van der Waals surface area contributed by atoms with Gasteiger partial charge in [0, 0.05) is 13.6 Å². The topological polar surface area (TPSA) is 61.7 Å². The Morgan fingerprint density at radius 1 is 1.44 bits per heavy atom. The molecule has 0 aromatic carbocycles. The summed E-state index contributed by atoms with van der Waals surface area (Å²) >= 11 is 0. The van der Waals surface area contributed by atoms with Gasteiger partial charge in [-0.1, -0.05) is 6.92 Å². The van der Waals surface area contributed by atoms with Gasteiger partial charge >= 0.3 is 0 Å². The number of hydrogen-bond acceptors (Lipinski definition) is 3. The molecule has 0 aliphatic carbocycles. The molecule has 2 heterocycles. The molecule has 5 heteroatoms. The Morgan fingerprint density at radius 2 is 2.19 bits per heavy atom. The number of rotatable bonds is 3. The number of nitrogens with two attached hydrogens (primary N) is 1. The smallest absolute Gasteiger partial charge is 0.133 e. The van der Waals surface area contributed by atoms with E-state index in [9.17, 15) is 0 Å². The summed E-state index contributed by atoms with van der Waals surface area (Å²) in [6.45, 7) is 5.01. The Morgan fingerprint density at radius 3 is 2.75 bits per heavy atom. The Labute approximate surface area is 94.9 Å². The molecule has 0 amide bonds. The minimum absolute atomic E-state index is 0.725. The van der Waals surface area contributed by atoms with E-state index < -0.39 is 0 Å². The molecule has 0 saturated carbocycles. The van der Waals surface area contributed by atoms with Crippen molar-refractivity contribution in [3.05, 3.63) is 18.3 Å². The molecular weight excluding hydrogens is 202 g/mol. The van der Waals surface area contributed by atoms with Crippen molar-refractivity contribution < 1.29 is 0 Å². The fourth-order valence-corrected chi connectivity index (χ4v) is 1.86. The summed E-state index contributed by atoms with van der Waals surface area (Å²) in [5, 5.41) is 0. The lowest BCUT2D eigenvalue weighted by molar-refractivity contribution is 0.665. The minimum atomic E-state index is 0.725. The predicted octanol–water partition coefficient (Wildman–Crippen LogP) is 1.58. The first-order valence-electron chi connectivity index (χ1n) is 5.44. The van der Waals surface area contributed by atoms with E-state index in [1.807, 2.05) is 23.1 Å². The zero-order valence-electron chi connectivity index (χ0n) is 9.94.